The van der Waals surface area contributed by atoms with Gasteiger partial charge in [0.1, 0.15) is 0 Å². The third-order valence-corrected chi connectivity index (χ3v) is 3.03. The second kappa shape index (κ2) is 4.05. The fourth-order valence-corrected chi connectivity index (χ4v) is 2.12. The summed E-state index contributed by atoms with van der Waals surface area (Å²) in [4.78, 5) is 2.42. The predicted molar refractivity (Wildman–Crippen MR) is 52.9 cm³/mol. The first-order valence-electron chi connectivity index (χ1n) is 4.23. The highest BCUT2D eigenvalue weighted by molar-refractivity contribution is 7.99. The van der Waals surface area contributed by atoms with E-state index in [0.717, 1.165) is 0 Å². The molecule has 0 unspecified atom stereocenters. The maximum atomic E-state index is 4.09. The summed E-state index contributed by atoms with van der Waals surface area (Å²) in [6.07, 6.45) is 0. The Labute approximate surface area is 73.8 Å². The van der Waals surface area contributed by atoms with Crippen LogP contribution in [0.4, 0.5) is 0 Å². The highest BCUT2D eigenvalue weighted by Crippen LogP contribution is 2.18. The Kier molecular flexibility index (Phi) is 3.31. The van der Waals surface area contributed by atoms with Crippen molar-refractivity contribution in [3.8, 4) is 0 Å². The van der Waals surface area contributed by atoms with Gasteiger partial charge in [-0.1, -0.05) is 20.4 Å². The van der Waals surface area contributed by atoms with Gasteiger partial charge >= 0.3 is 0 Å². The van der Waals surface area contributed by atoms with E-state index >= 15 is 0 Å². The largest absolute Gasteiger partial charge is 0.373 e. The van der Waals surface area contributed by atoms with Crippen LogP contribution < -0.4 is 0 Å². The first-order chi connectivity index (χ1) is 5.22. The number of nitrogens with zero attached hydrogens (tertiary/aromatic N) is 1. The van der Waals surface area contributed by atoms with Crippen molar-refractivity contribution in [2.75, 3.05) is 24.6 Å². The Hall–Kier alpha value is -0.110. The number of hydrogen-bond acceptors (Lipinski definition) is 2. The molecular weight excluding hydrogens is 154 g/mol. The van der Waals surface area contributed by atoms with Crippen LogP contribution in [0, 0.1) is 5.92 Å². The SMILES string of the molecule is C=C(C(C)C)N1CCSCC1. The van der Waals surface area contributed by atoms with Gasteiger partial charge < -0.3 is 4.90 Å². The van der Waals surface area contributed by atoms with Crippen LogP contribution in [0.5, 0.6) is 0 Å². The fraction of sp³-hybridized carbons (Fsp3) is 0.778. The summed E-state index contributed by atoms with van der Waals surface area (Å²) >= 11 is 2.05. The average molecular weight is 171 g/mol. The Morgan fingerprint density at radius 1 is 1.36 bits per heavy atom. The minimum atomic E-state index is 0.609. The maximum Gasteiger partial charge on any atom is 0.0266 e. The molecule has 11 heavy (non-hydrogen) atoms. The van der Waals surface area contributed by atoms with Gasteiger partial charge in [0, 0.05) is 30.3 Å². The summed E-state index contributed by atoms with van der Waals surface area (Å²) in [7, 11) is 0. The second-order valence-corrected chi connectivity index (χ2v) is 4.47. The molecule has 1 fully saturated rings. The van der Waals surface area contributed by atoms with Crippen molar-refractivity contribution in [2.24, 2.45) is 5.92 Å². The zero-order chi connectivity index (χ0) is 8.27. The Bertz CT molecular complexity index is 136. The quantitative estimate of drug-likeness (QED) is 0.626. The van der Waals surface area contributed by atoms with Gasteiger partial charge in [-0.3, -0.25) is 0 Å². The predicted octanol–water partition coefficient (Wildman–Crippen LogP) is 2.20. The van der Waals surface area contributed by atoms with Gasteiger partial charge in [0.25, 0.3) is 0 Å². The van der Waals surface area contributed by atoms with Gasteiger partial charge in [0.15, 0.2) is 0 Å². The molecule has 0 aromatic heterocycles. The molecule has 0 saturated carbocycles. The molecule has 0 radical (unpaired) electrons. The Morgan fingerprint density at radius 2 is 1.91 bits per heavy atom. The first kappa shape index (κ1) is 8.98. The molecular formula is C9H17NS. The van der Waals surface area contributed by atoms with Crippen LogP contribution in [0.3, 0.4) is 0 Å². The first-order valence-corrected chi connectivity index (χ1v) is 5.39. The van der Waals surface area contributed by atoms with Crippen LogP contribution in [0.2, 0.25) is 0 Å². The number of thioether (sulfide) groups is 1. The van der Waals surface area contributed by atoms with E-state index in [0.29, 0.717) is 5.92 Å². The minimum Gasteiger partial charge on any atom is -0.373 e. The van der Waals surface area contributed by atoms with Crippen LogP contribution in [-0.2, 0) is 0 Å². The average Bonchev–Trinajstić information content (AvgIpc) is 2.05. The van der Waals surface area contributed by atoms with Gasteiger partial charge in [-0.25, -0.2) is 0 Å². The summed E-state index contributed by atoms with van der Waals surface area (Å²) in [5, 5.41) is 0. The van der Waals surface area contributed by atoms with Crippen molar-refractivity contribution < 1.29 is 0 Å². The van der Waals surface area contributed by atoms with Gasteiger partial charge in [-0.05, 0) is 5.92 Å². The van der Waals surface area contributed by atoms with Crippen molar-refractivity contribution in [3.05, 3.63) is 12.3 Å². The topological polar surface area (TPSA) is 3.24 Å². The van der Waals surface area contributed by atoms with Crippen molar-refractivity contribution >= 4 is 11.8 Å². The number of rotatable bonds is 2. The van der Waals surface area contributed by atoms with E-state index in [1.165, 1.54) is 30.3 Å². The van der Waals surface area contributed by atoms with E-state index in [1.54, 1.807) is 0 Å². The standard InChI is InChI=1S/C9H17NS/c1-8(2)9(3)10-4-6-11-7-5-10/h8H,3-7H2,1-2H3. The molecule has 1 aliphatic heterocycles. The summed E-state index contributed by atoms with van der Waals surface area (Å²) < 4.78 is 0. The molecule has 64 valence electrons. The van der Waals surface area contributed by atoms with Crippen LogP contribution in [0.25, 0.3) is 0 Å². The molecule has 1 aliphatic rings. The summed E-state index contributed by atoms with van der Waals surface area (Å²) in [6.45, 7) is 10.9. The monoisotopic (exact) mass is 171 g/mol. The van der Waals surface area contributed by atoms with Crippen molar-refractivity contribution in [2.45, 2.75) is 13.8 Å². The fourth-order valence-electron chi connectivity index (χ4n) is 1.22. The van der Waals surface area contributed by atoms with Gasteiger partial charge in [0.05, 0.1) is 0 Å². The Balaban J connectivity index is 2.39. The van der Waals surface area contributed by atoms with Crippen molar-refractivity contribution in [1.29, 1.82) is 0 Å². The molecule has 1 nitrogen and oxygen atoms in total. The van der Waals surface area contributed by atoms with E-state index < -0.39 is 0 Å². The van der Waals surface area contributed by atoms with Crippen LogP contribution in [0.1, 0.15) is 13.8 Å². The molecule has 0 spiro atoms. The van der Waals surface area contributed by atoms with E-state index in [9.17, 15) is 0 Å². The minimum absolute atomic E-state index is 0.609. The maximum absolute atomic E-state index is 4.09. The molecule has 1 saturated heterocycles. The van der Waals surface area contributed by atoms with E-state index in [-0.39, 0.29) is 0 Å². The molecule has 0 atom stereocenters. The van der Waals surface area contributed by atoms with Crippen LogP contribution in [0.15, 0.2) is 12.3 Å². The summed E-state index contributed by atoms with van der Waals surface area (Å²) in [5.41, 5.74) is 1.31. The molecule has 0 amide bonds. The van der Waals surface area contributed by atoms with Gasteiger partial charge in [-0.2, -0.15) is 11.8 Å². The molecule has 1 rings (SSSR count). The molecule has 0 aliphatic carbocycles. The van der Waals surface area contributed by atoms with Crippen molar-refractivity contribution in [1.82, 2.24) is 4.90 Å². The molecule has 0 bridgehead atoms. The van der Waals surface area contributed by atoms with Crippen LogP contribution >= 0.6 is 11.8 Å². The molecule has 0 N–H and O–H groups in total. The second-order valence-electron chi connectivity index (χ2n) is 3.25. The zero-order valence-electron chi connectivity index (χ0n) is 7.47. The van der Waals surface area contributed by atoms with Gasteiger partial charge in [-0.15, -0.1) is 0 Å². The lowest BCUT2D eigenvalue weighted by atomic mass is 10.1. The smallest absolute Gasteiger partial charge is 0.0266 e. The van der Waals surface area contributed by atoms with Gasteiger partial charge in [0.2, 0.25) is 0 Å². The molecule has 0 aromatic carbocycles. The van der Waals surface area contributed by atoms with E-state index in [4.69, 9.17) is 0 Å². The zero-order valence-corrected chi connectivity index (χ0v) is 8.28. The summed E-state index contributed by atoms with van der Waals surface area (Å²) in [6, 6.07) is 0. The lowest BCUT2D eigenvalue weighted by Crippen LogP contribution is -2.33. The van der Waals surface area contributed by atoms with Crippen LogP contribution in [-0.4, -0.2) is 29.5 Å². The Morgan fingerprint density at radius 3 is 2.36 bits per heavy atom. The van der Waals surface area contributed by atoms with E-state index in [2.05, 4.69) is 25.3 Å². The highest BCUT2D eigenvalue weighted by atomic mass is 32.2. The normalized spacial score (nSPS) is 19.0. The lowest BCUT2D eigenvalue weighted by molar-refractivity contribution is 0.345. The number of hydrogen-bond donors (Lipinski definition) is 0. The lowest BCUT2D eigenvalue weighted by Gasteiger charge is -2.32. The third kappa shape index (κ3) is 2.44. The molecule has 1 heterocycles. The third-order valence-electron chi connectivity index (χ3n) is 2.08. The van der Waals surface area contributed by atoms with E-state index in [1.807, 2.05) is 11.8 Å². The molecule has 0 aromatic rings. The highest BCUT2D eigenvalue weighted by Gasteiger charge is 2.13. The number of allylic oxidation sites excluding steroid dienone is 1. The summed E-state index contributed by atoms with van der Waals surface area (Å²) in [5.74, 6) is 3.15. The van der Waals surface area contributed by atoms with Crippen molar-refractivity contribution in [3.63, 3.8) is 0 Å². The molecule has 2 heteroatoms.